The van der Waals surface area contributed by atoms with E-state index in [1.165, 1.54) is 6.07 Å². The van der Waals surface area contributed by atoms with Crippen LogP contribution in [-0.4, -0.2) is 49.7 Å². The summed E-state index contributed by atoms with van der Waals surface area (Å²) in [5.74, 6) is -0.973. The minimum absolute atomic E-state index is 0.0305. The van der Waals surface area contributed by atoms with Crippen LogP contribution in [0.1, 0.15) is 23.2 Å². The number of hydrogen-bond donors (Lipinski definition) is 1. The van der Waals surface area contributed by atoms with E-state index in [-0.39, 0.29) is 10.0 Å². The van der Waals surface area contributed by atoms with Crippen LogP contribution < -0.4 is 4.90 Å². The van der Waals surface area contributed by atoms with Gasteiger partial charge in [0.25, 0.3) is 0 Å². The number of hydrogen-bond acceptors (Lipinski definition) is 3. The molecule has 1 heterocycles. The third-order valence-electron chi connectivity index (χ3n) is 3.87. The number of carbonyl (C=O) groups is 1. The van der Waals surface area contributed by atoms with Crippen molar-refractivity contribution in [3.05, 3.63) is 28.0 Å². The van der Waals surface area contributed by atoms with Crippen LogP contribution in [0.2, 0.25) is 0 Å². The lowest BCUT2D eigenvalue weighted by Gasteiger charge is -2.35. The van der Waals surface area contributed by atoms with Crippen molar-refractivity contribution in [1.82, 2.24) is 4.90 Å². The summed E-state index contributed by atoms with van der Waals surface area (Å²) in [5, 5.41) is 9.00. The maximum atomic E-state index is 14.4. The lowest BCUT2D eigenvalue weighted by atomic mass is 9.96. The van der Waals surface area contributed by atoms with Gasteiger partial charge in [-0.05, 0) is 60.9 Å². The predicted molar refractivity (Wildman–Crippen MR) is 84.6 cm³/mol. The first-order valence-corrected chi connectivity index (χ1v) is 7.80. The smallest absolute Gasteiger partial charge is 0.336 e. The van der Waals surface area contributed by atoms with Crippen LogP contribution in [0.4, 0.5) is 10.1 Å². The van der Waals surface area contributed by atoms with Gasteiger partial charge >= 0.3 is 5.97 Å². The lowest BCUT2D eigenvalue weighted by molar-refractivity contribution is 0.0695. The Hall–Kier alpha value is -1.14. The average molecular weight is 359 g/mol. The van der Waals surface area contributed by atoms with Crippen molar-refractivity contribution in [1.29, 1.82) is 0 Å². The van der Waals surface area contributed by atoms with E-state index in [0.717, 1.165) is 32.5 Å². The predicted octanol–water partition coefficient (Wildman–Crippen LogP) is 3.06. The van der Waals surface area contributed by atoms with E-state index in [1.54, 1.807) is 6.07 Å². The van der Waals surface area contributed by atoms with Gasteiger partial charge in [0.2, 0.25) is 0 Å². The zero-order valence-electron chi connectivity index (χ0n) is 12.3. The maximum absolute atomic E-state index is 14.4. The molecule has 1 aromatic rings. The third-order valence-corrected chi connectivity index (χ3v) is 4.65. The Morgan fingerprint density at radius 1 is 1.43 bits per heavy atom. The average Bonchev–Trinajstić information content (AvgIpc) is 2.42. The quantitative estimate of drug-likeness (QED) is 0.898. The molecule has 1 aliphatic rings. The van der Waals surface area contributed by atoms with Gasteiger partial charge in [0.1, 0.15) is 0 Å². The summed E-state index contributed by atoms with van der Waals surface area (Å²) < 4.78 is 14.4. The first-order chi connectivity index (χ1) is 9.90. The van der Waals surface area contributed by atoms with Crippen LogP contribution in [0.25, 0.3) is 0 Å². The minimum Gasteiger partial charge on any atom is -0.478 e. The first kappa shape index (κ1) is 16.2. The van der Waals surface area contributed by atoms with Crippen LogP contribution in [0.15, 0.2) is 16.6 Å². The van der Waals surface area contributed by atoms with Crippen LogP contribution >= 0.6 is 15.9 Å². The van der Waals surface area contributed by atoms with E-state index < -0.39 is 11.8 Å². The Balaban J connectivity index is 2.10. The number of anilines is 1. The number of benzene rings is 1. The zero-order chi connectivity index (χ0) is 15.6. The Kier molecular flexibility index (Phi) is 5.22. The number of rotatable bonds is 4. The van der Waals surface area contributed by atoms with E-state index in [9.17, 15) is 9.18 Å². The largest absolute Gasteiger partial charge is 0.478 e. The van der Waals surface area contributed by atoms with Gasteiger partial charge in [-0.2, -0.15) is 0 Å². The molecule has 0 saturated carbocycles. The molecule has 0 aliphatic carbocycles. The molecule has 0 bridgehead atoms. The summed E-state index contributed by atoms with van der Waals surface area (Å²) in [6.07, 6.45) is 2.05. The fraction of sp³-hybridized carbons (Fsp3) is 0.533. The van der Waals surface area contributed by atoms with Crippen LogP contribution in [0.3, 0.4) is 0 Å². The van der Waals surface area contributed by atoms with E-state index >= 15 is 0 Å². The number of halogens is 2. The third kappa shape index (κ3) is 3.74. The Labute approximate surface area is 132 Å². The second kappa shape index (κ2) is 6.75. The zero-order valence-corrected chi connectivity index (χ0v) is 13.9. The summed E-state index contributed by atoms with van der Waals surface area (Å²) in [6, 6.07) is 3.02. The fourth-order valence-corrected chi connectivity index (χ4v) is 3.33. The van der Waals surface area contributed by atoms with Crippen molar-refractivity contribution in [3.8, 4) is 0 Å². The highest BCUT2D eigenvalue weighted by Crippen LogP contribution is 2.32. The van der Waals surface area contributed by atoms with Gasteiger partial charge in [-0.3, -0.25) is 0 Å². The summed E-state index contributed by atoms with van der Waals surface area (Å²) in [4.78, 5) is 15.2. The normalized spacial score (nSPS) is 16.5. The molecule has 0 spiro atoms. The van der Waals surface area contributed by atoms with Crippen molar-refractivity contribution in [2.75, 3.05) is 38.6 Å². The SMILES string of the molecule is CN(C)CC1CCN(c2ccc(C(=O)O)c(Br)c2F)CC1. The lowest BCUT2D eigenvalue weighted by Crippen LogP contribution is -2.37. The molecule has 0 amide bonds. The van der Waals surface area contributed by atoms with Crippen molar-refractivity contribution >= 4 is 27.6 Å². The number of nitrogens with zero attached hydrogens (tertiary/aromatic N) is 2. The standard InChI is InChI=1S/C15H20BrFN2O2/c1-18(2)9-10-5-7-19(8-6-10)12-4-3-11(15(20)21)13(16)14(12)17/h3-4,10H,5-9H2,1-2H3,(H,20,21). The fourth-order valence-electron chi connectivity index (χ4n) is 2.82. The van der Waals surface area contributed by atoms with Gasteiger partial charge in [-0.15, -0.1) is 0 Å². The molecule has 0 atom stereocenters. The molecule has 116 valence electrons. The molecular weight excluding hydrogens is 339 g/mol. The van der Waals surface area contributed by atoms with E-state index in [1.807, 2.05) is 4.90 Å². The highest BCUT2D eigenvalue weighted by Gasteiger charge is 2.24. The second-order valence-electron chi connectivity index (χ2n) is 5.76. The first-order valence-electron chi connectivity index (χ1n) is 7.01. The summed E-state index contributed by atoms with van der Waals surface area (Å²) >= 11 is 3.05. The Bertz CT molecular complexity index is 529. The highest BCUT2D eigenvalue weighted by molar-refractivity contribution is 9.10. The number of aromatic carboxylic acids is 1. The molecule has 21 heavy (non-hydrogen) atoms. The minimum atomic E-state index is -1.13. The Morgan fingerprint density at radius 2 is 2.05 bits per heavy atom. The molecule has 1 aromatic carbocycles. The molecule has 2 rings (SSSR count). The number of piperidine rings is 1. The van der Waals surface area contributed by atoms with Crippen LogP contribution in [-0.2, 0) is 0 Å². The second-order valence-corrected chi connectivity index (χ2v) is 6.55. The van der Waals surface area contributed by atoms with Crippen LogP contribution in [0.5, 0.6) is 0 Å². The molecule has 0 unspecified atom stereocenters. The highest BCUT2D eigenvalue weighted by atomic mass is 79.9. The topological polar surface area (TPSA) is 43.8 Å². The Morgan fingerprint density at radius 3 is 2.57 bits per heavy atom. The maximum Gasteiger partial charge on any atom is 0.336 e. The molecular formula is C15H20BrFN2O2. The number of carboxylic acids is 1. The van der Waals surface area contributed by atoms with E-state index in [4.69, 9.17) is 5.11 Å². The van der Waals surface area contributed by atoms with Gasteiger partial charge < -0.3 is 14.9 Å². The van der Waals surface area contributed by atoms with Crippen LogP contribution in [0, 0.1) is 11.7 Å². The molecule has 0 aromatic heterocycles. The van der Waals surface area contributed by atoms with Crippen molar-refractivity contribution in [3.63, 3.8) is 0 Å². The molecule has 1 aliphatic heterocycles. The molecule has 1 fully saturated rings. The van der Waals surface area contributed by atoms with Gasteiger partial charge in [0, 0.05) is 19.6 Å². The van der Waals surface area contributed by atoms with Gasteiger partial charge in [-0.25, -0.2) is 9.18 Å². The van der Waals surface area contributed by atoms with E-state index in [2.05, 4.69) is 34.9 Å². The molecule has 0 radical (unpaired) electrons. The van der Waals surface area contributed by atoms with Gasteiger partial charge in [-0.1, -0.05) is 0 Å². The number of carboxylic acid groups (broad SMARTS) is 1. The van der Waals surface area contributed by atoms with Crippen molar-refractivity contribution in [2.45, 2.75) is 12.8 Å². The molecule has 4 nitrogen and oxygen atoms in total. The van der Waals surface area contributed by atoms with Crippen molar-refractivity contribution in [2.24, 2.45) is 5.92 Å². The molecule has 1 saturated heterocycles. The summed E-state index contributed by atoms with van der Waals surface area (Å²) in [6.45, 7) is 2.65. The monoisotopic (exact) mass is 358 g/mol. The van der Waals surface area contributed by atoms with Gasteiger partial charge in [0.15, 0.2) is 5.82 Å². The van der Waals surface area contributed by atoms with E-state index in [0.29, 0.717) is 11.6 Å². The molecule has 1 N–H and O–H groups in total. The van der Waals surface area contributed by atoms with Crippen molar-refractivity contribution < 1.29 is 14.3 Å². The summed E-state index contributed by atoms with van der Waals surface area (Å²) in [5.41, 5.74) is 0.439. The summed E-state index contributed by atoms with van der Waals surface area (Å²) in [7, 11) is 4.13. The van der Waals surface area contributed by atoms with Gasteiger partial charge in [0.05, 0.1) is 15.7 Å². The molecule has 6 heteroatoms.